The van der Waals surface area contributed by atoms with Gasteiger partial charge in [0, 0.05) is 11.1 Å². The molecule has 0 saturated heterocycles. The Balaban J connectivity index is 0.000000695. The van der Waals surface area contributed by atoms with E-state index in [4.69, 9.17) is 0 Å². The molecule has 0 aliphatic heterocycles. The minimum atomic E-state index is 0.0208. The van der Waals surface area contributed by atoms with Crippen LogP contribution in [0.25, 0.3) is 108 Å². The highest BCUT2D eigenvalue weighted by Gasteiger charge is 2.18. The zero-order chi connectivity index (χ0) is 94.0. The Hall–Kier alpha value is -13.4. The molecule has 0 atom stereocenters. The van der Waals surface area contributed by atoms with E-state index >= 15 is 0 Å². The maximum Gasteiger partial charge on any atom is 0.161 e. The molecule has 0 N–H and O–H groups in total. The minimum Gasteiger partial charge on any atom is -0.300 e. The van der Waals surface area contributed by atoms with Gasteiger partial charge in [-0.3, -0.25) is 9.59 Å². The fourth-order valence-corrected chi connectivity index (χ4v) is 12.2. The molecule has 0 heterocycles. The number of rotatable bonds is 2. The number of hydrogen-bond acceptors (Lipinski definition) is 6. The molecule has 18 rings (SSSR count). The van der Waals surface area contributed by atoms with Crippen LogP contribution in [0.3, 0.4) is 0 Å². The first-order valence-electron chi connectivity index (χ1n) is 44.3. The van der Waals surface area contributed by atoms with Gasteiger partial charge in [-0.2, -0.15) is 0 Å². The SMILES string of the molecule is CC.CC.CC.CC.CC(=O)c1c2ccccc2c(C(C)=O)c2ccccc12.CC(C)=O.CC(C)=O.CC(C)=O.CC(C)=O.CCC.CCC.Cc1c2ccccc2c(C)c2ccccc12.c1ccc2ccccc2c1.c1ccc2ccccc2c1.c1ccc2ccccc2c1.c1ccc2ccccc2c1.c1ccc2ccccc2c1.c1ccc2ccccc2c1. The van der Waals surface area contributed by atoms with E-state index in [-0.39, 0.29) is 34.7 Å². The summed E-state index contributed by atoms with van der Waals surface area (Å²) in [6, 6.07) is 133. The van der Waals surface area contributed by atoms with E-state index in [0.29, 0.717) is 11.1 Å². The summed E-state index contributed by atoms with van der Waals surface area (Å²) in [5.74, 6) is 0.708. The number of carbonyl (C=O) groups is 6. The van der Waals surface area contributed by atoms with Crippen molar-refractivity contribution in [3.63, 3.8) is 0 Å². The molecule has 0 amide bonds. The van der Waals surface area contributed by atoms with Crippen molar-refractivity contribution in [2.75, 3.05) is 0 Å². The van der Waals surface area contributed by atoms with Gasteiger partial charge in [-0.25, -0.2) is 0 Å². The van der Waals surface area contributed by atoms with Gasteiger partial charge in [0.1, 0.15) is 23.1 Å². The fourth-order valence-electron chi connectivity index (χ4n) is 12.2. The highest BCUT2D eigenvalue weighted by Crippen LogP contribution is 2.35. The summed E-state index contributed by atoms with van der Waals surface area (Å²) in [6.45, 7) is 44.3. The predicted molar refractivity (Wildman–Crippen MR) is 559 cm³/mol. The highest BCUT2D eigenvalue weighted by molar-refractivity contribution is 6.26. The monoisotopic (exact) mass is 1680 g/mol. The largest absolute Gasteiger partial charge is 0.300 e. The molecule has 6 nitrogen and oxygen atoms in total. The Morgan fingerprint density at radius 2 is 0.230 bits per heavy atom. The van der Waals surface area contributed by atoms with Crippen LogP contribution in [0.15, 0.2) is 388 Å². The Morgan fingerprint density at radius 3 is 0.310 bits per heavy atom. The summed E-state index contributed by atoms with van der Waals surface area (Å²) < 4.78 is 0. The second-order valence-electron chi connectivity index (χ2n) is 28.4. The number of Topliss-reactive ketones (excluding diaryl/α,β-unsaturated/α-hetero) is 6. The van der Waals surface area contributed by atoms with E-state index in [1.807, 2.05) is 104 Å². The van der Waals surface area contributed by atoms with Gasteiger partial charge in [0.05, 0.1) is 0 Å². The van der Waals surface area contributed by atoms with Crippen molar-refractivity contribution in [1.29, 1.82) is 0 Å². The molecule has 18 aromatic rings. The first kappa shape index (κ1) is 111. The minimum absolute atomic E-state index is 0.0208. The Labute approximate surface area is 755 Å². The van der Waals surface area contributed by atoms with Gasteiger partial charge < -0.3 is 19.2 Å². The molecule has 126 heavy (non-hydrogen) atoms. The molecule has 0 bridgehead atoms. The smallest absolute Gasteiger partial charge is 0.161 e. The van der Waals surface area contributed by atoms with Crippen LogP contribution in [0.5, 0.6) is 0 Å². The third kappa shape index (κ3) is 41.6. The molecule has 0 radical (unpaired) electrons. The maximum absolute atomic E-state index is 12.1. The van der Waals surface area contributed by atoms with Gasteiger partial charge in [0.25, 0.3) is 0 Å². The molecule has 0 aromatic heterocycles. The van der Waals surface area contributed by atoms with Crippen molar-refractivity contribution in [1.82, 2.24) is 0 Å². The van der Waals surface area contributed by atoms with Crippen molar-refractivity contribution in [3.8, 4) is 0 Å². The molecule has 0 aliphatic rings. The molecule has 18 aromatic carbocycles. The lowest BCUT2D eigenvalue weighted by Gasteiger charge is -2.13. The van der Waals surface area contributed by atoms with Gasteiger partial charge in [-0.15, -0.1) is 0 Å². The van der Waals surface area contributed by atoms with Crippen molar-refractivity contribution in [2.45, 2.75) is 179 Å². The molecular formula is C120H140O6. The van der Waals surface area contributed by atoms with Crippen LogP contribution < -0.4 is 0 Å². The number of fused-ring (bicyclic) bond motifs is 10. The van der Waals surface area contributed by atoms with Crippen LogP contribution in [-0.4, -0.2) is 34.7 Å². The number of hydrogen-bond donors (Lipinski definition) is 0. The number of ketones is 6. The second-order valence-corrected chi connectivity index (χ2v) is 28.4. The van der Waals surface area contributed by atoms with E-state index < -0.39 is 0 Å². The van der Waals surface area contributed by atoms with E-state index in [9.17, 15) is 28.8 Å². The average Bonchev–Trinajstić information content (AvgIpc) is 0.758. The standard InChI is InChI=1S/C18H14O2.C16H14.6C10H8.4C3H6O.2C3H8.4C2H6/c1-11(19)17-13-7-3-5-9-15(13)18(12(2)20)16-10-6-4-8-14(16)17;1-11-13-7-3-5-9-15(13)12(2)16-10-6-4-8-14(11)16;6*1-2-6-10-8-4-3-7-9(10)5-1;4*1-3(2)4;2*1-3-2;4*1-2/h3-10H,1-2H3;3-10H,1-2H3;6*1-8H;4*1-2H3;2*3H2,1-2H3;4*1-2H3. The van der Waals surface area contributed by atoms with E-state index in [2.05, 4.69) is 381 Å². The summed E-state index contributed by atoms with van der Waals surface area (Å²) in [5.41, 5.74) is 4.16. The summed E-state index contributed by atoms with van der Waals surface area (Å²) in [5, 5.41) is 24.6. The third-order valence-corrected chi connectivity index (χ3v) is 17.1. The summed E-state index contributed by atoms with van der Waals surface area (Å²) in [6.07, 6.45) is 2.50. The van der Waals surface area contributed by atoms with Crippen molar-refractivity contribution >= 4 is 142 Å². The Morgan fingerprint density at radius 1 is 0.159 bits per heavy atom. The van der Waals surface area contributed by atoms with Crippen LogP contribution in [0, 0.1) is 13.8 Å². The summed E-state index contributed by atoms with van der Waals surface area (Å²) >= 11 is 0. The quantitative estimate of drug-likeness (QED) is 0.126. The molecule has 0 aliphatic carbocycles. The molecule has 6 heteroatoms. The van der Waals surface area contributed by atoms with Gasteiger partial charge in [0.2, 0.25) is 0 Å². The lowest BCUT2D eigenvalue weighted by molar-refractivity contribution is -0.115. The van der Waals surface area contributed by atoms with Crippen LogP contribution in [-0.2, 0) is 19.2 Å². The number of benzene rings is 18. The van der Waals surface area contributed by atoms with E-state index in [0.717, 1.165) is 21.5 Å². The predicted octanol–water partition coefficient (Wildman–Crippen LogP) is 35.4. The van der Waals surface area contributed by atoms with Crippen molar-refractivity contribution < 1.29 is 28.8 Å². The van der Waals surface area contributed by atoms with Crippen molar-refractivity contribution in [3.05, 3.63) is 411 Å². The first-order chi connectivity index (χ1) is 61.0. The summed E-state index contributed by atoms with van der Waals surface area (Å²) in [7, 11) is 0. The van der Waals surface area contributed by atoms with Crippen molar-refractivity contribution in [2.24, 2.45) is 0 Å². The molecule has 0 saturated carbocycles. The number of carbonyl (C=O) groups excluding carboxylic acids is 6. The highest BCUT2D eigenvalue weighted by atomic mass is 16.1. The summed E-state index contributed by atoms with van der Waals surface area (Å²) in [4.78, 5) is 61.9. The topological polar surface area (TPSA) is 102 Å². The first-order valence-corrected chi connectivity index (χ1v) is 44.3. The maximum atomic E-state index is 12.1. The molecule has 0 spiro atoms. The van der Waals surface area contributed by atoms with Gasteiger partial charge in [0.15, 0.2) is 11.6 Å². The average molecular weight is 1680 g/mol. The molecular weight excluding hydrogens is 1540 g/mol. The molecule has 0 unspecified atom stereocenters. The lowest BCUT2D eigenvalue weighted by Crippen LogP contribution is -2.02. The van der Waals surface area contributed by atoms with Crippen LogP contribution >= 0.6 is 0 Å². The lowest BCUT2D eigenvalue weighted by atomic mass is 9.89. The fraction of sp³-hybridized carbons (Fsp3) is 0.217. The van der Waals surface area contributed by atoms with Crippen LogP contribution in [0.2, 0.25) is 0 Å². The molecule has 0 fully saturated rings. The van der Waals surface area contributed by atoms with Gasteiger partial charge >= 0.3 is 0 Å². The zero-order valence-corrected chi connectivity index (χ0v) is 79.8. The zero-order valence-electron chi connectivity index (χ0n) is 79.8. The third-order valence-electron chi connectivity index (χ3n) is 17.1. The Bertz CT molecular complexity index is 4870. The van der Waals surface area contributed by atoms with Crippen LogP contribution in [0.4, 0.5) is 0 Å². The normalized spacial score (nSPS) is 9.21. The van der Waals surface area contributed by atoms with E-state index in [1.165, 1.54) is 166 Å². The Kier molecular flexibility index (Phi) is 58.9. The van der Waals surface area contributed by atoms with E-state index in [1.54, 1.807) is 13.8 Å². The van der Waals surface area contributed by atoms with Gasteiger partial charge in [-0.05, 0) is 202 Å². The molecule has 656 valence electrons. The van der Waals surface area contributed by atoms with Crippen LogP contribution in [0.1, 0.15) is 197 Å². The van der Waals surface area contributed by atoms with Gasteiger partial charge in [-0.1, -0.05) is 484 Å². The number of aryl methyl sites for hydroxylation is 2. The second kappa shape index (κ2) is 67.1.